The van der Waals surface area contributed by atoms with Crippen molar-refractivity contribution in [2.75, 3.05) is 26.2 Å². The summed E-state index contributed by atoms with van der Waals surface area (Å²) in [6.45, 7) is 3.63. The molecule has 2 N–H and O–H groups in total. The predicted molar refractivity (Wildman–Crippen MR) is 94.5 cm³/mol. The van der Waals surface area contributed by atoms with Crippen LogP contribution in [0.1, 0.15) is 5.56 Å². The van der Waals surface area contributed by atoms with Gasteiger partial charge in [-0.3, -0.25) is 9.69 Å². The molecule has 0 radical (unpaired) electrons. The maximum atomic E-state index is 12.7. The molecule has 25 heavy (non-hydrogen) atoms. The van der Waals surface area contributed by atoms with Crippen LogP contribution in [0.3, 0.4) is 0 Å². The Hall–Kier alpha value is -1.87. The number of piperazine rings is 1. The Morgan fingerprint density at radius 2 is 1.84 bits per heavy atom. The fraction of sp³-hybridized carbons (Fsp3) is 0.312. The van der Waals surface area contributed by atoms with Crippen molar-refractivity contribution in [3.8, 4) is 5.75 Å². The number of aromatic nitrogens is 1. The molecule has 0 unspecified atom stereocenters. The van der Waals surface area contributed by atoms with Crippen LogP contribution in [-0.4, -0.2) is 48.6 Å². The van der Waals surface area contributed by atoms with Crippen molar-refractivity contribution in [3.63, 3.8) is 0 Å². The standard InChI is InChI=1S/C16H18ClN3O4S/c17-13-3-1-2-4-14(13)25(23,24)20-8-5-12(15(21)16(20)22)11-19-9-6-18-7-10-19/h1-5,8,18,21H,6-7,9-11H2. The molecular weight excluding hydrogens is 366 g/mol. The number of nitrogens with zero attached hydrogens (tertiary/aromatic N) is 2. The van der Waals surface area contributed by atoms with Gasteiger partial charge in [-0.1, -0.05) is 23.7 Å². The molecule has 1 aromatic carbocycles. The van der Waals surface area contributed by atoms with Gasteiger partial charge in [-0.15, -0.1) is 0 Å². The van der Waals surface area contributed by atoms with Crippen LogP contribution < -0.4 is 10.9 Å². The van der Waals surface area contributed by atoms with E-state index in [0.29, 0.717) is 16.1 Å². The van der Waals surface area contributed by atoms with Gasteiger partial charge in [0, 0.05) is 44.5 Å². The Bertz CT molecular complexity index is 937. The zero-order valence-corrected chi connectivity index (χ0v) is 14.9. The number of pyridine rings is 1. The molecule has 2 aromatic rings. The van der Waals surface area contributed by atoms with E-state index in [0.717, 1.165) is 32.4 Å². The molecule has 9 heteroatoms. The summed E-state index contributed by atoms with van der Waals surface area (Å²) in [5, 5.41) is 13.4. The third-order valence-electron chi connectivity index (χ3n) is 4.10. The minimum absolute atomic E-state index is 0.0128. The Kier molecular flexibility index (Phi) is 5.14. The quantitative estimate of drug-likeness (QED) is 0.813. The van der Waals surface area contributed by atoms with E-state index in [1.54, 1.807) is 6.07 Å². The first-order valence-electron chi connectivity index (χ1n) is 7.78. The molecule has 0 aliphatic carbocycles. The van der Waals surface area contributed by atoms with E-state index in [4.69, 9.17) is 11.6 Å². The Labute approximate surface area is 150 Å². The van der Waals surface area contributed by atoms with E-state index in [1.807, 2.05) is 0 Å². The number of hydrogen-bond donors (Lipinski definition) is 2. The lowest BCUT2D eigenvalue weighted by Crippen LogP contribution is -2.43. The zero-order valence-electron chi connectivity index (χ0n) is 13.4. The minimum Gasteiger partial charge on any atom is -0.503 e. The van der Waals surface area contributed by atoms with Gasteiger partial charge >= 0.3 is 5.56 Å². The van der Waals surface area contributed by atoms with Gasteiger partial charge in [0.2, 0.25) is 0 Å². The van der Waals surface area contributed by atoms with Crippen LogP contribution in [0.25, 0.3) is 0 Å². The fourth-order valence-electron chi connectivity index (χ4n) is 2.73. The van der Waals surface area contributed by atoms with Gasteiger partial charge in [-0.2, -0.15) is 0 Å². The largest absolute Gasteiger partial charge is 0.503 e. The van der Waals surface area contributed by atoms with E-state index >= 15 is 0 Å². The highest BCUT2D eigenvalue weighted by atomic mass is 35.5. The highest BCUT2D eigenvalue weighted by Crippen LogP contribution is 2.23. The fourth-order valence-corrected chi connectivity index (χ4v) is 4.46. The van der Waals surface area contributed by atoms with Gasteiger partial charge in [-0.05, 0) is 18.2 Å². The molecular formula is C16H18ClN3O4S. The van der Waals surface area contributed by atoms with E-state index in [9.17, 15) is 18.3 Å². The summed E-state index contributed by atoms with van der Waals surface area (Å²) in [6, 6.07) is 7.31. The van der Waals surface area contributed by atoms with Crippen LogP contribution in [0, 0.1) is 0 Å². The summed E-state index contributed by atoms with van der Waals surface area (Å²) in [7, 11) is -4.18. The Morgan fingerprint density at radius 1 is 1.16 bits per heavy atom. The monoisotopic (exact) mass is 383 g/mol. The van der Waals surface area contributed by atoms with Crippen LogP contribution in [0.15, 0.2) is 46.2 Å². The number of hydrogen-bond acceptors (Lipinski definition) is 6. The molecule has 1 fully saturated rings. The molecule has 1 aliphatic heterocycles. The SMILES string of the molecule is O=c1c(O)c(CN2CCNCC2)ccn1S(=O)(=O)c1ccccc1Cl. The number of benzene rings is 1. The van der Waals surface area contributed by atoms with Crippen LogP contribution in [0.5, 0.6) is 5.75 Å². The number of halogens is 1. The molecule has 0 saturated carbocycles. The lowest BCUT2D eigenvalue weighted by Gasteiger charge is -2.27. The first-order valence-corrected chi connectivity index (χ1v) is 9.60. The number of rotatable bonds is 4. The minimum atomic E-state index is -4.18. The van der Waals surface area contributed by atoms with Crippen LogP contribution in [0.4, 0.5) is 0 Å². The molecule has 1 aromatic heterocycles. The summed E-state index contributed by atoms with van der Waals surface area (Å²) in [5.41, 5.74) is -0.579. The van der Waals surface area contributed by atoms with E-state index in [1.165, 1.54) is 24.3 Å². The second kappa shape index (κ2) is 7.17. The first-order chi connectivity index (χ1) is 11.9. The smallest absolute Gasteiger partial charge is 0.306 e. The third kappa shape index (κ3) is 3.57. The van der Waals surface area contributed by atoms with E-state index in [2.05, 4.69) is 10.2 Å². The zero-order chi connectivity index (χ0) is 18.0. The molecule has 0 amide bonds. The maximum absolute atomic E-state index is 12.7. The van der Waals surface area contributed by atoms with Crippen molar-refractivity contribution >= 4 is 21.6 Å². The molecule has 1 saturated heterocycles. The summed E-state index contributed by atoms with van der Waals surface area (Å²) in [5.74, 6) is -0.559. The second-order valence-corrected chi connectivity index (χ2v) is 7.94. The molecule has 3 rings (SSSR count). The molecule has 0 bridgehead atoms. The summed E-state index contributed by atoms with van der Waals surface area (Å²) >= 11 is 5.94. The van der Waals surface area contributed by atoms with Crippen molar-refractivity contribution in [2.24, 2.45) is 0 Å². The molecule has 0 atom stereocenters. The van der Waals surface area contributed by atoms with Crippen LogP contribution in [0.2, 0.25) is 5.02 Å². The lowest BCUT2D eigenvalue weighted by atomic mass is 10.2. The summed E-state index contributed by atoms with van der Waals surface area (Å²) in [4.78, 5) is 14.3. The Morgan fingerprint density at radius 3 is 2.52 bits per heavy atom. The van der Waals surface area contributed by atoms with Gasteiger partial charge < -0.3 is 10.4 Å². The lowest BCUT2D eigenvalue weighted by molar-refractivity contribution is 0.230. The van der Waals surface area contributed by atoms with Gasteiger partial charge in [0.25, 0.3) is 10.0 Å². The van der Waals surface area contributed by atoms with Crippen molar-refractivity contribution < 1.29 is 13.5 Å². The summed E-state index contributed by atoms with van der Waals surface area (Å²) < 4.78 is 25.9. The third-order valence-corrected chi connectivity index (χ3v) is 6.25. The summed E-state index contributed by atoms with van der Waals surface area (Å²) in [6.07, 6.45) is 1.16. The number of aromatic hydroxyl groups is 1. The van der Waals surface area contributed by atoms with E-state index in [-0.39, 0.29) is 9.92 Å². The molecule has 2 heterocycles. The predicted octanol–water partition coefficient (Wildman–Crippen LogP) is 0.849. The molecule has 0 spiro atoms. The molecule has 7 nitrogen and oxygen atoms in total. The van der Waals surface area contributed by atoms with Gasteiger partial charge in [-0.25, -0.2) is 12.4 Å². The maximum Gasteiger partial charge on any atom is 0.306 e. The number of nitrogens with one attached hydrogen (secondary N) is 1. The van der Waals surface area contributed by atoms with Gasteiger partial charge in [0.15, 0.2) is 5.75 Å². The first kappa shape index (κ1) is 17.9. The van der Waals surface area contributed by atoms with E-state index < -0.39 is 21.3 Å². The average Bonchev–Trinajstić information content (AvgIpc) is 2.60. The normalized spacial score (nSPS) is 16.0. The van der Waals surface area contributed by atoms with Crippen molar-refractivity contribution in [2.45, 2.75) is 11.4 Å². The average molecular weight is 384 g/mol. The second-order valence-electron chi connectivity index (χ2n) is 5.75. The Balaban J connectivity index is 1.97. The molecule has 134 valence electrons. The van der Waals surface area contributed by atoms with Gasteiger partial charge in [0.1, 0.15) is 4.90 Å². The van der Waals surface area contributed by atoms with Crippen LogP contribution in [-0.2, 0) is 16.6 Å². The highest BCUT2D eigenvalue weighted by Gasteiger charge is 2.24. The van der Waals surface area contributed by atoms with Crippen LogP contribution >= 0.6 is 11.6 Å². The van der Waals surface area contributed by atoms with Gasteiger partial charge in [0.05, 0.1) is 5.02 Å². The molecule has 1 aliphatic rings. The van der Waals surface area contributed by atoms with Crippen molar-refractivity contribution in [3.05, 3.63) is 57.5 Å². The van der Waals surface area contributed by atoms with Crippen molar-refractivity contribution in [1.29, 1.82) is 0 Å². The topological polar surface area (TPSA) is 91.6 Å². The highest BCUT2D eigenvalue weighted by molar-refractivity contribution is 7.90. The van der Waals surface area contributed by atoms with Crippen molar-refractivity contribution in [1.82, 2.24) is 14.2 Å².